The maximum Gasteiger partial charge on any atom is 0.216 e. The second kappa shape index (κ2) is 4.92. The van der Waals surface area contributed by atoms with Crippen LogP contribution in [0.3, 0.4) is 0 Å². The van der Waals surface area contributed by atoms with E-state index in [9.17, 15) is 9.90 Å². The Kier molecular flexibility index (Phi) is 3.33. The summed E-state index contributed by atoms with van der Waals surface area (Å²) in [6.45, 7) is 1.77. The first-order valence-corrected chi connectivity index (χ1v) is 5.48. The van der Waals surface area contributed by atoms with Gasteiger partial charge in [0.2, 0.25) is 4.77 Å². The van der Waals surface area contributed by atoms with Gasteiger partial charge in [-0.3, -0.25) is 5.10 Å². The predicted molar refractivity (Wildman–Crippen MR) is 65.9 cm³/mol. The highest BCUT2D eigenvalue weighted by atomic mass is 32.1. The number of aromatic nitrogens is 3. The van der Waals surface area contributed by atoms with Crippen molar-refractivity contribution in [2.75, 3.05) is 0 Å². The Labute approximate surface area is 108 Å². The predicted octanol–water partition coefficient (Wildman–Crippen LogP) is 0.495. The number of carboxylic acids is 1. The third-order valence-corrected chi connectivity index (χ3v) is 2.55. The van der Waals surface area contributed by atoms with E-state index in [4.69, 9.17) is 12.2 Å². The summed E-state index contributed by atoms with van der Waals surface area (Å²) < 4.78 is 1.87. The van der Waals surface area contributed by atoms with Crippen LogP contribution >= 0.6 is 12.2 Å². The van der Waals surface area contributed by atoms with Crippen molar-refractivity contribution in [3.63, 3.8) is 0 Å². The van der Waals surface area contributed by atoms with Crippen molar-refractivity contribution >= 4 is 24.4 Å². The van der Waals surface area contributed by atoms with E-state index < -0.39 is 5.97 Å². The number of aromatic carboxylic acids is 1. The lowest BCUT2D eigenvalue weighted by atomic mass is 10.1. The molecule has 0 aliphatic rings. The number of hydrogen-bond acceptors (Lipinski definition) is 5. The van der Waals surface area contributed by atoms with Crippen molar-refractivity contribution in [3.05, 3.63) is 46.0 Å². The SMILES string of the molecule is Cc1n[nH]c(=S)n1/N=C\c1ccc(C(=O)[O-])cc1. The van der Waals surface area contributed by atoms with Gasteiger partial charge >= 0.3 is 0 Å². The monoisotopic (exact) mass is 261 g/mol. The Morgan fingerprint density at radius 3 is 2.67 bits per heavy atom. The fourth-order valence-electron chi connectivity index (χ4n) is 1.34. The zero-order chi connectivity index (χ0) is 13.1. The smallest absolute Gasteiger partial charge is 0.216 e. The van der Waals surface area contributed by atoms with Gasteiger partial charge in [0.05, 0.1) is 12.2 Å². The molecule has 92 valence electrons. The summed E-state index contributed by atoms with van der Waals surface area (Å²) in [7, 11) is 0. The van der Waals surface area contributed by atoms with Crippen LogP contribution in [0, 0.1) is 11.7 Å². The first kappa shape index (κ1) is 12.2. The van der Waals surface area contributed by atoms with E-state index in [0.717, 1.165) is 5.56 Å². The lowest BCUT2D eigenvalue weighted by Crippen LogP contribution is -2.21. The van der Waals surface area contributed by atoms with Gasteiger partial charge in [-0.05, 0) is 30.3 Å². The summed E-state index contributed by atoms with van der Waals surface area (Å²) in [6, 6.07) is 6.18. The number of nitrogens with one attached hydrogen (secondary N) is 1. The van der Waals surface area contributed by atoms with Crippen LogP contribution in [0.15, 0.2) is 29.4 Å². The molecule has 0 saturated heterocycles. The molecule has 1 aromatic carbocycles. The molecule has 0 aliphatic heterocycles. The summed E-state index contributed by atoms with van der Waals surface area (Å²) in [5.74, 6) is -0.561. The molecule has 1 N–H and O–H groups in total. The van der Waals surface area contributed by atoms with Crippen LogP contribution in [-0.2, 0) is 0 Å². The molecule has 1 aromatic heterocycles. The average Bonchev–Trinajstić information content (AvgIpc) is 2.67. The fourth-order valence-corrected chi connectivity index (χ4v) is 1.56. The molecule has 0 saturated carbocycles. The van der Waals surface area contributed by atoms with Gasteiger partial charge in [-0.25, -0.2) is 0 Å². The van der Waals surface area contributed by atoms with Gasteiger partial charge in [0.1, 0.15) is 5.82 Å². The lowest BCUT2D eigenvalue weighted by Gasteiger charge is -2.01. The topological polar surface area (TPSA) is 86.1 Å². The number of rotatable bonds is 3. The van der Waals surface area contributed by atoms with Crippen LogP contribution in [0.25, 0.3) is 0 Å². The minimum Gasteiger partial charge on any atom is -0.545 e. The zero-order valence-electron chi connectivity index (χ0n) is 9.45. The molecule has 7 heteroatoms. The van der Waals surface area contributed by atoms with Gasteiger partial charge < -0.3 is 9.90 Å². The highest BCUT2D eigenvalue weighted by molar-refractivity contribution is 7.71. The van der Waals surface area contributed by atoms with E-state index in [1.54, 1.807) is 25.3 Å². The summed E-state index contributed by atoms with van der Waals surface area (Å²) in [4.78, 5) is 10.6. The number of carbonyl (C=O) groups excluding carboxylic acids is 1. The summed E-state index contributed by atoms with van der Waals surface area (Å²) in [5.41, 5.74) is 0.880. The van der Waals surface area contributed by atoms with E-state index in [2.05, 4.69) is 15.3 Å². The highest BCUT2D eigenvalue weighted by Crippen LogP contribution is 2.02. The number of H-pyrrole nitrogens is 1. The van der Waals surface area contributed by atoms with Gasteiger partial charge in [-0.1, -0.05) is 24.3 Å². The number of aryl methyl sites for hydroxylation is 1. The van der Waals surface area contributed by atoms with Gasteiger partial charge in [-0.15, -0.1) is 0 Å². The minimum absolute atomic E-state index is 0.128. The van der Waals surface area contributed by atoms with Crippen LogP contribution in [0.5, 0.6) is 0 Å². The first-order chi connectivity index (χ1) is 8.58. The van der Waals surface area contributed by atoms with Crippen molar-refractivity contribution in [2.45, 2.75) is 6.92 Å². The Bertz CT molecular complexity index is 654. The summed E-state index contributed by atoms with van der Waals surface area (Å²) >= 11 is 4.99. The molecule has 2 aromatic rings. The summed E-state index contributed by atoms with van der Waals surface area (Å²) in [6.07, 6.45) is 1.57. The Balaban J connectivity index is 2.24. The number of nitrogens with zero attached hydrogens (tertiary/aromatic N) is 3. The molecule has 1 heterocycles. The Morgan fingerprint density at radius 1 is 1.50 bits per heavy atom. The molecule has 0 amide bonds. The van der Waals surface area contributed by atoms with Crippen LogP contribution < -0.4 is 5.11 Å². The van der Waals surface area contributed by atoms with Crippen LogP contribution in [-0.4, -0.2) is 27.1 Å². The number of hydrogen-bond donors (Lipinski definition) is 1. The van der Waals surface area contributed by atoms with Crippen molar-refractivity contribution in [2.24, 2.45) is 5.10 Å². The molecule has 0 radical (unpaired) electrons. The molecule has 18 heavy (non-hydrogen) atoms. The van der Waals surface area contributed by atoms with Crippen LogP contribution in [0.4, 0.5) is 0 Å². The summed E-state index contributed by atoms with van der Waals surface area (Å²) in [5, 5.41) is 21.2. The fraction of sp³-hybridized carbons (Fsp3) is 0.0909. The van der Waals surface area contributed by atoms with E-state index in [1.165, 1.54) is 16.8 Å². The van der Waals surface area contributed by atoms with Crippen molar-refractivity contribution in [1.82, 2.24) is 14.9 Å². The van der Waals surface area contributed by atoms with E-state index in [-0.39, 0.29) is 5.56 Å². The number of carbonyl (C=O) groups is 1. The molecular formula is C11H9N4O2S-. The largest absolute Gasteiger partial charge is 0.545 e. The van der Waals surface area contributed by atoms with Crippen LogP contribution in [0.1, 0.15) is 21.7 Å². The maximum atomic E-state index is 10.6. The molecule has 0 spiro atoms. The molecular weight excluding hydrogens is 252 g/mol. The molecule has 0 aliphatic carbocycles. The second-order valence-corrected chi connectivity index (χ2v) is 3.93. The lowest BCUT2D eigenvalue weighted by molar-refractivity contribution is -0.255. The van der Waals surface area contributed by atoms with Crippen molar-refractivity contribution in [1.29, 1.82) is 0 Å². The van der Waals surface area contributed by atoms with Gasteiger partial charge in [0.25, 0.3) is 0 Å². The van der Waals surface area contributed by atoms with E-state index >= 15 is 0 Å². The number of benzene rings is 1. The zero-order valence-corrected chi connectivity index (χ0v) is 10.3. The minimum atomic E-state index is -1.20. The van der Waals surface area contributed by atoms with Crippen molar-refractivity contribution in [3.8, 4) is 0 Å². The first-order valence-electron chi connectivity index (χ1n) is 5.08. The molecule has 0 unspecified atom stereocenters. The maximum absolute atomic E-state index is 10.6. The van der Waals surface area contributed by atoms with E-state index in [1.807, 2.05) is 0 Å². The van der Waals surface area contributed by atoms with E-state index in [0.29, 0.717) is 10.6 Å². The van der Waals surface area contributed by atoms with Crippen molar-refractivity contribution < 1.29 is 9.90 Å². The normalized spacial score (nSPS) is 10.9. The Hall–Kier alpha value is -2.28. The standard InChI is InChI=1S/C11H10N4O2S/c1-7-13-14-11(18)15(7)12-6-8-2-4-9(5-3-8)10(16)17/h2-6H,1H3,(H,14,18)(H,16,17)/p-1/b12-6-. The van der Waals surface area contributed by atoms with Gasteiger partial charge in [-0.2, -0.15) is 14.9 Å². The molecule has 2 rings (SSSR count). The third-order valence-electron chi connectivity index (χ3n) is 2.28. The quantitative estimate of drug-likeness (QED) is 0.643. The second-order valence-electron chi connectivity index (χ2n) is 3.54. The Morgan fingerprint density at radius 2 is 2.17 bits per heavy atom. The molecule has 0 fully saturated rings. The molecule has 0 bridgehead atoms. The number of carboxylic acid groups (broad SMARTS) is 1. The van der Waals surface area contributed by atoms with Gasteiger partial charge in [0, 0.05) is 0 Å². The molecule has 6 nitrogen and oxygen atoms in total. The van der Waals surface area contributed by atoms with Crippen LogP contribution in [0.2, 0.25) is 0 Å². The number of aromatic amines is 1. The molecule has 0 atom stereocenters. The third kappa shape index (κ3) is 2.51. The van der Waals surface area contributed by atoms with Gasteiger partial charge in [0.15, 0.2) is 0 Å². The highest BCUT2D eigenvalue weighted by Gasteiger charge is 1.97. The average molecular weight is 261 g/mol.